The van der Waals surface area contributed by atoms with E-state index in [1.54, 1.807) is 12.3 Å². The van der Waals surface area contributed by atoms with Crippen molar-refractivity contribution in [2.75, 3.05) is 20.1 Å². The Bertz CT molecular complexity index is 645. The number of pyridine rings is 1. The third kappa shape index (κ3) is 3.23. The van der Waals surface area contributed by atoms with E-state index < -0.39 is 11.9 Å². The number of nitrogens with zero attached hydrogens (tertiary/aromatic N) is 3. The fourth-order valence-corrected chi connectivity index (χ4v) is 3.08. The van der Waals surface area contributed by atoms with Crippen LogP contribution in [0.4, 0.5) is 4.79 Å². The molecule has 0 unspecified atom stereocenters. The van der Waals surface area contributed by atoms with Crippen molar-refractivity contribution >= 4 is 17.8 Å². The molecule has 128 valence electrons. The number of hydrogen-bond donors (Lipinski definition) is 2. The Morgan fingerprint density at radius 2 is 2.17 bits per heavy atom. The summed E-state index contributed by atoms with van der Waals surface area (Å²) in [5.41, 5.74) is 0.707. The molecule has 1 atom stereocenters. The Morgan fingerprint density at radius 3 is 2.71 bits per heavy atom. The molecule has 0 aromatic carbocycles. The molecule has 0 spiro atoms. The van der Waals surface area contributed by atoms with Gasteiger partial charge in [-0.25, -0.2) is 4.79 Å². The van der Waals surface area contributed by atoms with Crippen LogP contribution in [0.25, 0.3) is 0 Å². The van der Waals surface area contributed by atoms with Crippen LogP contribution < -0.4 is 5.32 Å². The maximum atomic E-state index is 12.3. The summed E-state index contributed by atoms with van der Waals surface area (Å²) in [6.07, 6.45) is 2.47. The Morgan fingerprint density at radius 1 is 1.42 bits per heavy atom. The number of carbonyl (C=O) groups excluding carboxylic acids is 3. The SMILES string of the molecule is CN1CC(=O)N(CC(=O)N[C@@H](c2ccccn2)C2CC(O)C2)C1=O. The van der Waals surface area contributed by atoms with Gasteiger partial charge in [0, 0.05) is 13.2 Å². The summed E-state index contributed by atoms with van der Waals surface area (Å²) in [7, 11) is 1.52. The van der Waals surface area contributed by atoms with E-state index in [1.165, 1.54) is 11.9 Å². The van der Waals surface area contributed by atoms with Gasteiger partial charge in [0.1, 0.15) is 13.1 Å². The first-order valence-electron chi connectivity index (χ1n) is 7.89. The minimum atomic E-state index is -0.469. The number of aliphatic hydroxyl groups is 1. The number of likely N-dealkylation sites (N-methyl/N-ethyl adjacent to an activating group) is 1. The maximum Gasteiger partial charge on any atom is 0.327 e. The highest BCUT2D eigenvalue weighted by Crippen LogP contribution is 2.37. The van der Waals surface area contributed by atoms with Gasteiger partial charge in [0.2, 0.25) is 5.91 Å². The molecule has 1 aromatic rings. The number of hydrogen-bond acceptors (Lipinski definition) is 5. The predicted octanol–water partition coefficient (Wildman–Crippen LogP) is -0.0962. The van der Waals surface area contributed by atoms with Crippen molar-refractivity contribution < 1.29 is 19.5 Å². The van der Waals surface area contributed by atoms with E-state index in [4.69, 9.17) is 0 Å². The molecule has 8 heteroatoms. The van der Waals surface area contributed by atoms with Crippen LogP contribution in [0.1, 0.15) is 24.6 Å². The van der Waals surface area contributed by atoms with Crippen LogP contribution in [0.5, 0.6) is 0 Å². The van der Waals surface area contributed by atoms with Gasteiger partial charge in [-0.05, 0) is 30.9 Å². The number of amides is 4. The van der Waals surface area contributed by atoms with E-state index in [0.29, 0.717) is 18.5 Å². The number of carbonyl (C=O) groups is 3. The Hall–Kier alpha value is -2.48. The van der Waals surface area contributed by atoms with Crippen LogP contribution in [0, 0.1) is 5.92 Å². The number of nitrogens with one attached hydrogen (secondary N) is 1. The molecule has 1 saturated heterocycles. The van der Waals surface area contributed by atoms with Crippen molar-refractivity contribution in [1.82, 2.24) is 20.1 Å². The second-order valence-corrected chi connectivity index (χ2v) is 6.30. The van der Waals surface area contributed by atoms with Gasteiger partial charge in [0.05, 0.1) is 17.8 Å². The normalized spacial score (nSPS) is 24.8. The van der Waals surface area contributed by atoms with Gasteiger partial charge in [0.15, 0.2) is 0 Å². The summed E-state index contributed by atoms with van der Waals surface area (Å²) in [5.74, 6) is -0.707. The van der Waals surface area contributed by atoms with Gasteiger partial charge >= 0.3 is 6.03 Å². The van der Waals surface area contributed by atoms with Crippen molar-refractivity contribution in [1.29, 1.82) is 0 Å². The molecule has 0 radical (unpaired) electrons. The summed E-state index contributed by atoms with van der Waals surface area (Å²) in [6.45, 7) is -0.314. The molecule has 8 nitrogen and oxygen atoms in total. The third-order valence-electron chi connectivity index (χ3n) is 4.48. The van der Waals surface area contributed by atoms with E-state index in [1.807, 2.05) is 12.1 Å². The lowest BCUT2D eigenvalue weighted by Gasteiger charge is -2.37. The molecule has 1 aliphatic heterocycles. The highest BCUT2D eigenvalue weighted by atomic mass is 16.3. The Labute approximate surface area is 139 Å². The molecule has 2 heterocycles. The molecule has 2 N–H and O–H groups in total. The average Bonchev–Trinajstić information content (AvgIpc) is 2.77. The van der Waals surface area contributed by atoms with Gasteiger partial charge in [-0.3, -0.25) is 19.5 Å². The number of aromatic nitrogens is 1. The van der Waals surface area contributed by atoms with Crippen molar-refractivity contribution in [2.45, 2.75) is 25.0 Å². The minimum Gasteiger partial charge on any atom is -0.393 e. The number of imide groups is 1. The number of aliphatic hydroxyl groups excluding tert-OH is 1. The monoisotopic (exact) mass is 332 g/mol. The molecule has 24 heavy (non-hydrogen) atoms. The van der Waals surface area contributed by atoms with E-state index in [9.17, 15) is 19.5 Å². The molecular weight excluding hydrogens is 312 g/mol. The molecule has 0 bridgehead atoms. The van der Waals surface area contributed by atoms with E-state index in [2.05, 4.69) is 10.3 Å². The Balaban J connectivity index is 1.67. The molecule has 1 saturated carbocycles. The van der Waals surface area contributed by atoms with Gasteiger partial charge in [0.25, 0.3) is 5.91 Å². The standard InChI is InChI=1S/C16H20N4O4/c1-19-9-14(23)20(16(19)24)8-13(22)18-15(10-6-11(21)7-10)12-4-2-3-5-17-12/h2-5,10-11,15,21H,6-9H2,1H3,(H,18,22)/t10?,11?,15-/m1/s1. The smallest absolute Gasteiger partial charge is 0.327 e. The molecule has 2 fully saturated rings. The lowest BCUT2D eigenvalue weighted by Crippen LogP contribution is -2.46. The van der Waals surface area contributed by atoms with Crippen LogP contribution in [0.15, 0.2) is 24.4 Å². The largest absolute Gasteiger partial charge is 0.393 e. The zero-order chi connectivity index (χ0) is 17.3. The highest BCUT2D eigenvalue weighted by molar-refractivity contribution is 6.04. The van der Waals surface area contributed by atoms with Crippen LogP contribution in [-0.4, -0.2) is 64.0 Å². The summed E-state index contributed by atoms with van der Waals surface area (Å²) >= 11 is 0. The summed E-state index contributed by atoms with van der Waals surface area (Å²) in [6, 6.07) is 4.63. The topological polar surface area (TPSA) is 103 Å². The number of urea groups is 1. The lowest BCUT2D eigenvalue weighted by atomic mass is 9.76. The van der Waals surface area contributed by atoms with Crippen LogP contribution in [0.3, 0.4) is 0 Å². The van der Waals surface area contributed by atoms with Crippen molar-refractivity contribution in [2.24, 2.45) is 5.92 Å². The van der Waals surface area contributed by atoms with E-state index in [0.717, 1.165) is 4.90 Å². The van der Waals surface area contributed by atoms with E-state index >= 15 is 0 Å². The molecule has 1 aromatic heterocycles. The molecule has 3 rings (SSSR count). The zero-order valence-electron chi connectivity index (χ0n) is 13.4. The van der Waals surface area contributed by atoms with Gasteiger partial charge in [-0.1, -0.05) is 6.07 Å². The number of rotatable bonds is 5. The zero-order valence-corrected chi connectivity index (χ0v) is 13.4. The highest BCUT2D eigenvalue weighted by Gasteiger charge is 2.38. The predicted molar refractivity (Wildman–Crippen MR) is 83.6 cm³/mol. The lowest BCUT2D eigenvalue weighted by molar-refractivity contribution is -0.131. The van der Waals surface area contributed by atoms with Gasteiger partial charge in [-0.2, -0.15) is 0 Å². The summed E-state index contributed by atoms with van der Waals surface area (Å²) < 4.78 is 0. The molecule has 1 aliphatic carbocycles. The average molecular weight is 332 g/mol. The third-order valence-corrected chi connectivity index (χ3v) is 4.48. The van der Waals surface area contributed by atoms with Crippen LogP contribution >= 0.6 is 0 Å². The fraction of sp³-hybridized carbons (Fsp3) is 0.500. The maximum absolute atomic E-state index is 12.3. The molecule has 4 amide bonds. The van der Waals surface area contributed by atoms with Crippen molar-refractivity contribution in [3.63, 3.8) is 0 Å². The molecule has 2 aliphatic rings. The van der Waals surface area contributed by atoms with Crippen molar-refractivity contribution in [3.8, 4) is 0 Å². The van der Waals surface area contributed by atoms with Crippen molar-refractivity contribution in [3.05, 3.63) is 30.1 Å². The quantitative estimate of drug-likeness (QED) is 0.733. The first-order chi connectivity index (χ1) is 11.5. The summed E-state index contributed by atoms with van der Waals surface area (Å²) in [5, 5.41) is 12.4. The first-order valence-corrected chi connectivity index (χ1v) is 7.89. The van der Waals surface area contributed by atoms with E-state index in [-0.39, 0.29) is 37.1 Å². The molecular formula is C16H20N4O4. The Kier molecular flexibility index (Phi) is 4.48. The minimum absolute atomic E-state index is 0.00933. The first kappa shape index (κ1) is 16.4. The second-order valence-electron chi connectivity index (χ2n) is 6.30. The fourth-order valence-electron chi connectivity index (χ4n) is 3.08. The van der Waals surface area contributed by atoms with Gasteiger partial charge < -0.3 is 15.3 Å². The summed E-state index contributed by atoms with van der Waals surface area (Å²) in [4.78, 5) is 42.5. The van der Waals surface area contributed by atoms with Crippen LogP contribution in [-0.2, 0) is 9.59 Å². The van der Waals surface area contributed by atoms with Crippen LogP contribution in [0.2, 0.25) is 0 Å². The second kappa shape index (κ2) is 6.56. The van der Waals surface area contributed by atoms with Gasteiger partial charge in [-0.15, -0.1) is 0 Å².